The standard InChI is InChI=1S/C16H15F4N/c1-11-3-2-4-12(9-11)7-8-21-15-6-5-13(10-14(15)17)16(18,19)20/h2-6,9-10,21H,7-8H2,1H3. The van der Waals surface area contributed by atoms with Gasteiger partial charge in [-0.15, -0.1) is 0 Å². The summed E-state index contributed by atoms with van der Waals surface area (Å²) >= 11 is 0. The van der Waals surface area contributed by atoms with Crippen molar-refractivity contribution < 1.29 is 17.6 Å². The maximum absolute atomic E-state index is 13.6. The highest BCUT2D eigenvalue weighted by molar-refractivity contribution is 5.47. The largest absolute Gasteiger partial charge is 0.416 e. The van der Waals surface area contributed by atoms with Crippen LogP contribution in [0.3, 0.4) is 0 Å². The van der Waals surface area contributed by atoms with Crippen LogP contribution in [-0.2, 0) is 12.6 Å². The van der Waals surface area contributed by atoms with Crippen LogP contribution in [0.4, 0.5) is 23.2 Å². The van der Waals surface area contributed by atoms with E-state index in [0.29, 0.717) is 19.0 Å². The zero-order chi connectivity index (χ0) is 15.5. The van der Waals surface area contributed by atoms with E-state index in [-0.39, 0.29) is 5.69 Å². The summed E-state index contributed by atoms with van der Waals surface area (Å²) in [6, 6.07) is 10.4. The number of anilines is 1. The van der Waals surface area contributed by atoms with Gasteiger partial charge in [-0.2, -0.15) is 13.2 Å². The first-order chi connectivity index (χ1) is 9.86. The molecule has 0 heterocycles. The van der Waals surface area contributed by atoms with Gasteiger partial charge in [-0.05, 0) is 37.1 Å². The number of benzene rings is 2. The van der Waals surface area contributed by atoms with Crippen molar-refractivity contribution in [1.29, 1.82) is 0 Å². The molecule has 0 atom stereocenters. The molecule has 1 N–H and O–H groups in total. The van der Waals surface area contributed by atoms with E-state index in [4.69, 9.17) is 0 Å². The van der Waals surface area contributed by atoms with Crippen molar-refractivity contribution in [3.8, 4) is 0 Å². The summed E-state index contributed by atoms with van der Waals surface area (Å²) in [5, 5.41) is 2.82. The normalized spacial score (nSPS) is 11.5. The molecule has 0 aliphatic rings. The molecule has 0 spiro atoms. The molecule has 0 saturated carbocycles. The molecule has 2 aromatic rings. The molecular weight excluding hydrogens is 282 g/mol. The van der Waals surface area contributed by atoms with Gasteiger partial charge < -0.3 is 5.32 Å². The molecule has 2 rings (SSSR count). The van der Waals surface area contributed by atoms with Gasteiger partial charge in [0.25, 0.3) is 0 Å². The molecule has 0 fully saturated rings. The van der Waals surface area contributed by atoms with Crippen molar-refractivity contribution in [3.05, 3.63) is 65.0 Å². The smallest absolute Gasteiger partial charge is 0.382 e. The van der Waals surface area contributed by atoms with Crippen molar-refractivity contribution in [1.82, 2.24) is 0 Å². The van der Waals surface area contributed by atoms with Crippen molar-refractivity contribution in [2.75, 3.05) is 11.9 Å². The van der Waals surface area contributed by atoms with Gasteiger partial charge in [0.15, 0.2) is 0 Å². The minimum Gasteiger partial charge on any atom is -0.382 e. The van der Waals surface area contributed by atoms with E-state index in [1.54, 1.807) is 0 Å². The van der Waals surface area contributed by atoms with Crippen LogP contribution < -0.4 is 5.32 Å². The number of rotatable bonds is 4. The van der Waals surface area contributed by atoms with E-state index in [1.165, 1.54) is 0 Å². The van der Waals surface area contributed by atoms with E-state index < -0.39 is 17.6 Å². The quantitative estimate of drug-likeness (QED) is 0.799. The van der Waals surface area contributed by atoms with Crippen molar-refractivity contribution in [3.63, 3.8) is 0 Å². The maximum Gasteiger partial charge on any atom is 0.416 e. The molecule has 21 heavy (non-hydrogen) atoms. The summed E-state index contributed by atoms with van der Waals surface area (Å²) in [5.41, 5.74) is 1.32. The predicted molar refractivity (Wildman–Crippen MR) is 74.8 cm³/mol. The molecule has 0 aliphatic carbocycles. The van der Waals surface area contributed by atoms with Crippen LogP contribution in [0.25, 0.3) is 0 Å². The molecule has 0 aromatic heterocycles. The second kappa shape index (κ2) is 6.16. The third-order valence-corrected chi connectivity index (χ3v) is 3.11. The molecule has 0 unspecified atom stereocenters. The van der Waals surface area contributed by atoms with Gasteiger partial charge in [-0.3, -0.25) is 0 Å². The first kappa shape index (κ1) is 15.4. The van der Waals surface area contributed by atoms with Crippen LogP contribution in [0.15, 0.2) is 42.5 Å². The molecule has 0 amide bonds. The zero-order valence-electron chi connectivity index (χ0n) is 11.5. The number of hydrogen-bond donors (Lipinski definition) is 1. The number of alkyl halides is 3. The first-order valence-corrected chi connectivity index (χ1v) is 6.52. The molecule has 112 valence electrons. The molecule has 0 bridgehead atoms. The van der Waals surface area contributed by atoms with Crippen LogP contribution in [0, 0.1) is 12.7 Å². The average molecular weight is 297 g/mol. The van der Waals surface area contributed by atoms with E-state index in [1.807, 2.05) is 31.2 Å². The Bertz CT molecular complexity index is 620. The Morgan fingerprint density at radius 2 is 1.81 bits per heavy atom. The fourth-order valence-electron chi connectivity index (χ4n) is 2.04. The average Bonchev–Trinajstić information content (AvgIpc) is 2.39. The van der Waals surface area contributed by atoms with E-state index in [9.17, 15) is 17.6 Å². The Morgan fingerprint density at radius 3 is 2.43 bits per heavy atom. The highest BCUT2D eigenvalue weighted by Crippen LogP contribution is 2.31. The Hall–Kier alpha value is -2.04. The zero-order valence-corrected chi connectivity index (χ0v) is 11.5. The van der Waals surface area contributed by atoms with E-state index in [0.717, 1.165) is 23.3 Å². The molecule has 0 aliphatic heterocycles. The molecule has 1 nitrogen and oxygen atoms in total. The SMILES string of the molecule is Cc1cccc(CCNc2ccc(C(F)(F)F)cc2F)c1. The number of nitrogens with one attached hydrogen (secondary N) is 1. The molecule has 2 aromatic carbocycles. The molecule has 5 heteroatoms. The third-order valence-electron chi connectivity index (χ3n) is 3.11. The van der Waals surface area contributed by atoms with Crippen LogP contribution >= 0.6 is 0 Å². The lowest BCUT2D eigenvalue weighted by Crippen LogP contribution is -2.09. The van der Waals surface area contributed by atoms with E-state index >= 15 is 0 Å². The summed E-state index contributed by atoms with van der Waals surface area (Å²) in [4.78, 5) is 0. The van der Waals surface area contributed by atoms with Crippen LogP contribution in [0.1, 0.15) is 16.7 Å². The third kappa shape index (κ3) is 4.21. The van der Waals surface area contributed by atoms with E-state index in [2.05, 4.69) is 5.32 Å². The topological polar surface area (TPSA) is 12.0 Å². The Balaban J connectivity index is 1.98. The lowest BCUT2D eigenvalue weighted by atomic mass is 10.1. The minimum atomic E-state index is -4.53. The highest BCUT2D eigenvalue weighted by Gasteiger charge is 2.31. The predicted octanol–water partition coefficient (Wildman–Crippen LogP) is 4.81. The Morgan fingerprint density at radius 1 is 1.05 bits per heavy atom. The summed E-state index contributed by atoms with van der Waals surface area (Å²) in [6.07, 6.45) is -3.86. The Labute approximate surface area is 120 Å². The lowest BCUT2D eigenvalue weighted by Gasteiger charge is -2.11. The molecular formula is C16H15F4N. The van der Waals surface area contributed by atoms with Gasteiger partial charge in [0.05, 0.1) is 11.3 Å². The van der Waals surface area contributed by atoms with Crippen LogP contribution in [0.2, 0.25) is 0 Å². The van der Waals surface area contributed by atoms with Crippen molar-refractivity contribution >= 4 is 5.69 Å². The van der Waals surface area contributed by atoms with Crippen LogP contribution in [0.5, 0.6) is 0 Å². The van der Waals surface area contributed by atoms with Crippen molar-refractivity contribution in [2.24, 2.45) is 0 Å². The van der Waals surface area contributed by atoms with Gasteiger partial charge in [-0.1, -0.05) is 29.8 Å². The first-order valence-electron chi connectivity index (χ1n) is 6.52. The summed E-state index contributed by atoms with van der Waals surface area (Å²) in [6.45, 7) is 2.43. The summed E-state index contributed by atoms with van der Waals surface area (Å²) < 4.78 is 50.9. The second-order valence-electron chi connectivity index (χ2n) is 4.86. The van der Waals surface area contributed by atoms with Crippen LogP contribution in [-0.4, -0.2) is 6.54 Å². The molecule has 0 saturated heterocycles. The maximum atomic E-state index is 13.6. The lowest BCUT2D eigenvalue weighted by molar-refractivity contribution is -0.137. The highest BCUT2D eigenvalue weighted by atomic mass is 19.4. The van der Waals surface area contributed by atoms with Gasteiger partial charge in [0.1, 0.15) is 5.82 Å². The minimum absolute atomic E-state index is 0.0793. The Kier molecular flexibility index (Phi) is 4.50. The second-order valence-corrected chi connectivity index (χ2v) is 4.86. The fourth-order valence-corrected chi connectivity index (χ4v) is 2.04. The van der Waals surface area contributed by atoms with Gasteiger partial charge in [-0.25, -0.2) is 4.39 Å². The van der Waals surface area contributed by atoms with Gasteiger partial charge >= 0.3 is 6.18 Å². The number of hydrogen-bond acceptors (Lipinski definition) is 1. The van der Waals surface area contributed by atoms with Crippen molar-refractivity contribution in [2.45, 2.75) is 19.5 Å². The summed E-state index contributed by atoms with van der Waals surface area (Å²) in [7, 11) is 0. The van der Waals surface area contributed by atoms with Gasteiger partial charge in [0.2, 0.25) is 0 Å². The summed E-state index contributed by atoms with van der Waals surface area (Å²) in [5.74, 6) is -0.894. The number of halogens is 4. The monoisotopic (exact) mass is 297 g/mol. The molecule has 0 radical (unpaired) electrons. The number of aryl methyl sites for hydroxylation is 1. The van der Waals surface area contributed by atoms with Gasteiger partial charge in [0, 0.05) is 6.54 Å². The fraction of sp³-hybridized carbons (Fsp3) is 0.250.